The largest absolute Gasteiger partial charge is 0.494 e. The molecule has 1 saturated carbocycles. The van der Waals surface area contributed by atoms with E-state index in [-0.39, 0.29) is 11.6 Å². The third-order valence-corrected chi connectivity index (χ3v) is 4.56. The Morgan fingerprint density at radius 2 is 2.04 bits per heavy atom. The molecular weight excluding hydrogens is 346 g/mol. The molecule has 1 fully saturated rings. The zero-order valence-electron chi connectivity index (χ0n) is 14.4. The van der Waals surface area contributed by atoms with Crippen LogP contribution in [0.2, 0.25) is 0 Å². The van der Waals surface area contributed by atoms with Gasteiger partial charge in [0.15, 0.2) is 0 Å². The number of hydrogen-bond acceptors (Lipinski definition) is 6. The third kappa shape index (κ3) is 3.81. The number of carbonyl (C=O) groups is 2. The normalized spacial score (nSPS) is 14.4. The lowest BCUT2D eigenvalue weighted by Crippen LogP contribution is -2.47. The summed E-state index contributed by atoms with van der Waals surface area (Å²) in [5.41, 5.74) is -0.0512. The summed E-state index contributed by atoms with van der Waals surface area (Å²) >= 11 is 0. The van der Waals surface area contributed by atoms with Crippen LogP contribution < -0.4 is 10.1 Å². The van der Waals surface area contributed by atoms with Gasteiger partial charge in [0.05, 0.1) is 12.5 Å². The first kappa shape index (κ1) is 18.9. The summed E-state index contributed by atoms with van der Waals surface area (Å²) in [4.78, 5) is 26.2. The molecule has 0 atom stereocenters. The predicted molar refractivity (Wildman–Crippen MR) is 91.4 cm³/mol. The number of benzene rings is 1. The van der Waals surface area contributed by atoms with E-state index in [2.05, 4.69) is 9.68 Å². The van der Waals surface area contributed by atoms with Crippen molar-refractivity contribution in [2.24, 2.45) is 4.36 Å². The molecule has 1 aliphatic rings. The van der Waals surface area contributed by atoms with Gasteiger partial charge in [-0.2, -0.15) is 8.42 Å². The first-order chi connectivity index (χ1) is 11.9. The van der Waals surface area contributed by atoms with Gasteiger partial charge in [-0.3, -0.25) is 9.69 Å². The zero-order chi connectivity index (χ0) is 18.6. The van der Waals surface area contributed by atoms with Crippen molar-refractivity contribution in [2.75, 3.05) is 20.7 Å². The van der Waals surface area contributed by atoms with Crippen LogP contribution in [0.4, 0.5) is 10.5 Å². The molecule has 0 spiro atoms. The monoisotopic (exact) mass is 367 g/mol. The molecule has 25 heavy (non-hydrogen) atoms. The number of ether oxygens (including phenoxy) is 1. The lowest BCUT2D eigenvalue weighted by Gasteiger charge is -2.25. The van der Waals surface area contributed by atoms with Crippen LogP contribution in [0.5, 0.6) is 5.75 Å². The average molecular weight is 367 g/mol. The Labute approximate surface area is 147 Å². The van der Waals surface area contributed by atoms with Crippen molar-refractivity contribution in [1.82, 2.24) is 10.2 Å². The quantitative estimate of drug-likeness (QED) is 0.828. The Hall–Kier alpha value is -2.42. The standard InChI is InChI=1S/C16H21N3O5S/c1-4-9-19(15(21)17-2)14(20)16(7-8-16)11-5-6-13(24-3)12(10-11)18-25(22)23/h5-6,10H,4,7-9H2,1-3H3,(H,17,21). The maximum atomic E-state index is 13.0. The van der Waals surface area contributed by atoms with Crippen molar-refractivity contribution in [2.45, 2.75) is 31.6 Å². The third-order valence-electron chi connectivity index (χ3n) is 4.22. The highest BCUT2D eigenvalue weighted by Gasteiger charge is 2.54. The van der Waals surface area contributed by atoms with Crippen LogP contribution in [0, 0.1) is 0 Å². The molecule has 0 bridgehead atoms. The number of urea groups is 1. The summed E-state index contributed by atoms with van der Waals surface area (Å²) in [6.45, 7) is 2.20. The first-order valence-electron chi connectivity index (χ1n) is 7.93. The molecule has 8 nitrogen and oxygen atoms in total. The molecule has 0 radical (unpaired) electrons. The minimum absolute atomic E-state index is 0.134. The number of methoxy groups -OCH3 is 1. The van der Waals surface area contributed by atoms with Crippen molar-refractivity contribution in [3.05, 3.63) is 23.8 Å². The van der Waals surface area contributed by atoms with Crippen LogP contribution in [-0.4, -0.2) is 46.0 Å². The smallest absolute Gasteiger partial charge is 0.323 e. The number of nitrogens with one attached hydrogen (secondary N) is 1. The van der Waals surface area contributed by atoms with Crippen molar-refractivity contribution in [3.8, 4) is 5.75 Å². The topological polar surface area (TPSA) is 105 Å². The minimum atomic E-state index is -2.64. The minimum Gasteiger partial charge on any atom is -0.494 e. The molecule has 0 heterocycles. The molecule has 1 aliphatic carbocycles. The van der Waals surface area contributed by atoms with Crippen molar-refractivity contribution >= 4 is 28.1 Å². The maximum Gasteiger partial charge on any atom is 0.323 e. The van der Waals surface area contributed by atoms with Crippen LogP contribution in [0.3, 0.4) is 0 Å². The Morgan fingerprint density at radius 1 is 1.36 bits per heavy atom. The summed E-state index contributed by atoms with van der Waals surface area (Å²) in [7, 11) is 0.250. The summed E-state index contributed by atoms with van der Waals surface area (Å²) in [5, 5.41) is 2.48. The van der Waals surface area contributed by atoms with E-state index in [4.69, 9.17) is 4.74 Å². The Kier molecular flexibility index (Phi) is 5.78. The molecule has 1 N–H and O–H groups in total. The molecular formula is C16H21N3O5S. The Morgan fingerprint density at radius 3 is 2.52 bits per heavy atom. The van der Waals surface area contributed by atoms with Gasteiger partial charge < -0.3 is 10.1 Å². The van der Waals surface area contributed by atoms with Gasteiger partial charge in [-0.25, -0.2) is 4.79 Å². The number of rotatable bonds is 6. The van der Waals surface area contributed by atoms with Crippen LogP contribution in [0.1, 0.15) is 31.7 Å². The van der Waals surface area contributed by atoms with E-state index in [0.29, 0.717) is 37.1 Å². The van der Waals surface area contributed by atoms with Crippen LogP contribution in [0.25, 0.3) is 0 Å². The first-order valence-corrected chi connectivity index (χ1v) is 8.96. The number of nitrogens with zero attached hydrogens (tertiary/aromatic N) is 2. The van der Waals surface area contributed by atoms with E-state index >= 15 is 0 Å². The van der Waals surface area contributed by atoms with E-state index in [1.54, 1.807) is 12.1 Å². The molecule has 2 rings (SSSR count). The predicted octanol–water partition coefficient (Wildman–Crippen LogP) is 2.00. The lowest BCUT2D eigenvalue weighted by molar-refractivity contribution is -0.131. The van der Waals surface area contributed by atoms with Gasteiger partial charge in [-0.15, -0.1) is 4.36 Å². The van der Waals surface area contributed by atoms with Crippen molar-refractivity contribution in [1.29, 1.82) is 0 Å². The molecule has 1 aromatic rings. The second-order valence-electron chi connectivity index (χ2n) is 5.79. The van der Waals surface area contributed by atoms with Crippen molar-refractivity contribution in [3.63, 3.8) is 0 Å². The lowest BCUT2D eigenvalue weighted by atomic mass is 9.93. The molecule has 0 unspecified atom stereocenters. The summed E-state index contributed by atoms with van der Waals surface area (Å²) in [6, 6.07) is 4.38. The molecule has 136 valence electrons. The van der Waals surface area contributed by atoms with Crippen LogP contribution in [0.15, 0.2) is 22.6 Å². The highest BCUT2D eigenvalue weighted by molar-refractivity contribution is 7.61. The highest BCUT2D eigenvalue weighted by Crippen LogP contribution is 2.51. The second-order valence-corrected chi connectivity index (χ2v) is 6.41. The Balaban J connectivity index is 2.44. The molecule has 3 amide bonds. The van der Waals surface area contributed by atoms with Crippen LogP contribution in [-0.2, 0) is 20.7 Å². The van der Waals surface area contributed by atoms with Crippen molar-refractivity contribution < 1.29 is 22.7 Å². The van der Waals surface area contributed by atoms with Gasteiger partial charge in [-0.05, 0) is 37.0 Å². The zero-order valence-corrected chi connectivity index (χ0v) is 15.2. The second kappa shape index (κ2) is 7.64. The number of imide groups is 1. The molecule has 1 aromatic carbocycles. The van der Waals surface area contributed by atoms with E-state index < -0.39 is 21.9 Å². The average Bonchev–Trinajstić information content (AvgIpc) is 3.39. The van der Waals surface area contributed by atoms with Gasteiger partial charge in [0.2, 0.25) is 5.91 Å². The molecule has 0 aliphatic heterocycles. The van der Waals surface area contributed by atoms with E-state index in [1.807, 2.05) is 6.92 Å². The van der Waals surface area contributed by atoms with Gasteiger partial charge in [-0.1, -0.05) is 13.0 Å². The van der Waals surface area contributed by atoms with E-state index in [9.17, 15) is 18.0 Å². The summed E-state index contributed by atoms with van der Waals surface area (Å²) in [5.74, 6) is 0.0148. The van der Waals surface area contributed by atoms with Gasteiger partial charge >= 0.3 is 16.5 Å². The fourth-order valence-corrected chi connectivity index (χ4v) is 3.11. The highest BCUT2D eigenvalue weighted by atomic mass is 32.2. The molecule has 9 heteroatoms. The van der Waals surface area contributed by atoms with Crippen LogP contribution >= 0.6 is 0 Å². The van der Waals surface area contributed by atoms with Gasteiger partial charge in [0, 0.05) is 13.6 Å². The summed E-state index contributed by atoms with van der Waals surface area (Å²) in [6.07, 6.45) is 1.83. The molecule has 0 saturated heterocycles. The van der Waals surface area contributed by atoms with Gasteiger partial charge in [0.25, 0.3) is 0 Å². The Bertz CT molecular complexity index is 807. The van der Waals surface area contributed by atoms with E-state index in [0.717, 1.165) is 0 Å². The fraction of sp³-hybridized carbons (Fsp3) is 0.500. The van der Waals surface area contributed by atoms with Gasteiger partial charge in [0.1, 0.15) is 11.4 Å². The number of amides is 3. The van der Waals surface area contributed by atoms with E-state index in [1.165, 1.54) is 25.1 Å². The fourth-order valence-electron chi connectivity index (χ4n) is 2.80. The maximum absolute atomic E-state index is 13.0. The number of carbonyl (C=O) groups excluding carboxylic acids is 2. The molecule has 0 aromatic heterocycles. The SMILES string of the molecule is CCCN(C(=O)NC)C(=O)C1(c2ccc(OC)c(N=S(=O)=O)c2)CC1. The summed E-state index contributed by atoms with van der Waals surface area (Å²) < 4.78 is 30.5. The number of hydrogen-bond donors (Lipinski definition) is 1.